The summed E-state index contributed by atoms with van der Waals surface area (Å²) in [5, 5.41) is 2.88. The number of nitrogens with zero attached hydrogens (tertiary/aromatic N) is 3. The van der Waals surface area contributed by atoms with E-state index in [-0.39, 0.29) is 29.5 Å². The summed E-state index contributed by atoms with van der Waals surface area (Å²) in [6.07, 6.45) is 3.68. The van der Waals surface area contributed by atoms with Crippen molar-refractivity contribution >= 4 is 44.7 Å². The third kappa shape index (κ3) is 5.17. The molecule has 178 valence electrons. The predicted octanol–water partition coefficient (Wildman–Crippen LogP) is 4.82. The highest BCUT2D eigenvalue weighted by atomic mass is 79.9. The van der Waals surface area contributed by atoms with Gasteiger partial charge < -0.3 is 15.0 Å². The highest BCUT2D eigenvalue weighted by Crippen LogP contribution is 2.34. The highest BCUT2D eigenvalue weighted by Gasteiger charge is 2.25. The van der Waals surface area contributed by atoms with Crippen LogP contribution in [0.5, 0.6) is 11.6 Å². The summed E-state index contributed by atoms with van der Waals surface area (Å²) in [6, 6.07) is 12.9. The molecule has 10 heteroatoms. The number of imidazole rings is 1. The van der Waals surface area contributed by atoms with Gasteiger partial charge in [0.15, 0.2) is 11.6 Å². The zero-order valence-electron chi connectivity index (χ0n) is 18.5. The molecular formula is C25H21BrFN5O3. The van der Waals surface area contributed by atoms with E-state index in [1.165, 1.54) is 30.5 Å². The Morgan fingerprint density at radius 1 is 1.20 bits per heavy atom. The molecule has 2 heterocycles. The second-order valence-corrected chi connectivity index (χ2v) is 9.35. The SMILES string of the molecule is NC(=O)c1cccnc1Oc1ccc(CC(=O)Nc2nc3ccc(Br)cc3n2CC2CC2)cc1F. The molecule has 1 fully saturated rings. The Kier molecular flexibility index (Phi) is 6.21. The molecular weight excluding hydrogens is 517 g/mol. The minimum Gasteiger partial charge on any atom is -0.435 e. The van der Waals surface area contributed by atoms with Gasteiger partial charge in [0.1, 0.15) is 5.56 Å². The second kappa shape index (κ2) is 9.46. The fourth-order valence-corrected chi connectivity index (χ4v) is 4.14. The molecule has 0 spiro atoms. The molecule has 0 aliphatic heterocycles. The maximum absolute atomic E-state index is 14.7. The maximum atomic E-state index is 14.7. The van der Waals surface area contributed by atoms with Crippen LogP contribution < -0.4 is 15.8 Å². The number of primary amides is 1. The Bertz CT molecular complexity index is 1450. The first kappa shape index (κ1) is 23.0. The maximum Gasteiger partial charge on any atom is 0.254 e. The minimum atomic E-state index is -0.734. The van der Waals surface area contributed by atoms with Crippen molar-refractivity contribution in [2.24, 2.45) is 11.7 Å². The number of halogens is 2. The normalized spacial score (nSPS) is 13.1. The van der Waals surface area contributed by atoms with Gasteiger partial charge in [0.05, 0.1) is 17.5 Å². The first-order valence-corrected chi connectivity index (χ1v) is 11.8. The quantitative estimate of drug-likeness (QED) is 0.334. The van der Waals surface area contributed by atoms with Gasteiger partial charge >= 0.3 is 0 Å². The Balaban J connectivity index is 1.32. The molecule has 0 radical (unpaired) electrons. The number of anilines is 1. The molecule has 0 saturated heterocycles. The zero-order valence-corrected chi connectivity index (χ0v) is 20.1. The number of rotatable bonds is 8. The summed E-state index contributed by atoms with van der Waals surface area (Å²) in [6.45, 7) is 0.782. The van der Waals surface area contributed by atoms with Crippen LogP contribution >= 0.6 is 15.9 Å². The lowest BCUT2D eigenvalue weighted by atomic mass is 10.1. The number of pyridine rings is 1. The molecule has 35 heavy (non-hydrogen) atoms. The molecule has 5 rings (SSSR count). The Morgan fingerprint density at radius 3 is 2.77 bits per heavy atom. The Hall–Kier alpha value is -3.79. The van der Waals surface area contributed by atoms with Gasteiger partial charge in [-0.2, -0.15) is 0 Å². The van der Waals surface area contributed by atoms with Gasteiger partial charge in [0.25, 0.3) is 5.91 Å². The van der Waals surface area contributed by atoms with E-state index in [0.717, 1.165) is 34.9 Å². The number of carbonyl (C=O) groups is 2. The van der Waals surface area contributed by atoms with Crippen LogP contribution in [-0.4, -0.2) is 26.3 Å². The molecule has 1 saturated carbocycles. The lowest BCUT2D eigenvalue weighted by Gasteiger charge is -2.11. The molecule has 4 aromatic rings. The van der Waals surface area contributed by atoms with Gasteiger partial charge in [0, 0.05) is 17.2 Å². The number of aromatic nitrogens is 3. The molecule has 1 aliphatic carbocycles. The van der Waals surface area contributed by atoms with Crippen molar-refractivity contribution < 1.29 is 18.7 Å². The van der Waals surface area contributed by atoms with Crippen molar-refractivity contribution in [1.29, 1.82) is 0 Å². The zero-order chi connectivity index (χ0) is 24.5. The number of ether oxygens (including phenoxy) is 1. The largest absolute Gasteiger partial charge is 0.435 e. The van der Waals surface area contributed by atoms with Gasteiger partial charge in [-0.3, -0.25) is 14.9 Å². The van der Waals surface area contributed by atoms with Crippen molar-refractivity contribution in [3.8, 4) is 11.6 Å². The number of nitrogens with two attached hydrogens (primary N) is 1. The summed E-state index contributed by atoms with van der Waals surface area (Å²) in [5.41, 5.74) is 7.54. The topological polar surface area (TPSA) is 112 Å². The Morgan fingerprint density at radius 2 is 2.03 bits per heavy atom. The first-order valence-electron chi connectivity index (χ1n) is 11.0. The number of hydrogen-bond donors (Lipinski definition) is 2. The van der Waals surface area contributed by atoms with E-state index in [0.29, 0.717) is 17.4 Å². The molecule has 3 N–H and O–H groups in total. The van der Waals surface area contributed by atoms with Crippen LogP contribution in [0.2, 0.25) is 0 Å². The average molecular weight is 538 g/mol. The third-order valence-electron chi connectivity index (χ3n) is 5.70. The number of hydrogen-bond acceptors (Lipinski definition) is 5. The standard InChI is InChI=1S/C25H21BrFN5O3/c26-16-6-7-19-20(12-16)32(13-14-3-4-14)25(30-19)31-22(33)11-15-5-8-21(18(27)10-15)35-24-17(23(28)34)2-1-9-29-24/h1-2,5-10,12,14H,3-4,11,13H2,(H2,28,34)(H,30,31,33). The highest BCUT2D eigenvalue weighted by molar-refractivity contribution is 9.10. The third-order valence-corrected chi connectivity index (χ3v) is 6.20. The van der Waals surface area contributed by atoms with E-state index in [1.54, 1.807) is 6.07 Å². The number of amides is 2. The molecule has 8 nitrogen and oxygen atoms in total. The van der Waals surface area contributed by atoms with Crippen LogP contribution in [0.1, 0.15) is 28.8 Å². The second-order valence-electron chi connectivity index (χ2n) is 8.43. The van der Waals surface area contributed by atoms with E-state index in [4.69, 9.17) is 10.5 Å². The van der Waals surface area contributed by atoms with Crippen LogP contribution in [0.4, 0.5) is 10.3 Å². The van der Waals surface area contributed by atoms with Crippen LogP contribution in [0.15, 0.2) is 59.2 Å². The summed E-state index contributed by atoms with van der Waals surface area (Å²) < 4.78 is 23.1. The van der Waals surface area contributed by atoms with Gasteiger partial charge in [-0.25, -0.2) is 14.4 Å². The lowest BCUT2D eigenvalue weighted by molar-refractivity contribution is -0.115. The van der Waals surface area contributed by atoms with E-state index in [2.05, 4.69) is 31.2 Å². The van der Waals surface area contributed by atoms with Crippen molar-refractivity contribution in [2.45, 2.75) is 25.8 Å². The molecule has 0 unspecified atom stereocenters. The van der Waals surface area contributed by atoms with E-state index in [1.807, 2.05) is 22.8 Å². The number of nitrogens with one attached hydrogen (secondary N) is 1. The molecule has 2 amide bonds. The predicted molar refractivity (Wildman–Crippen MR) is 132 cm³/mol. The molecule has 2 aromatic carbocycles. The van der Waals surface area contributed by atoms with Crippen LogP contribution in [0.3, 0.4) is 0 Å². The molecule has 0 bridgehead atoms. The summed E-state index contributed by atoms with van der Waals surface area (Å²) >= 11 is 3.50. The summed E-state index contributed by atoms with van der Waals surface area (Å²) in [4.78, 5) is 32.9. The van der Waals surface area contributed by atoms with Gasteiger partial charge in [-0.05, 0) is 66.8 Å². The first-order chi connectivity index (χ1) is 16.9. The van der Waals surface area contributed by atoms with E-state index < -0.39 is 11.7 Å². The average Bonchev–Trinajstić information content (AvgIpc) is 3.58. The number of carbonyl (C=O) groups excluding carboxylic acids is 2. The molecule has 1 aliphatic rings. The van der Waals surface area contributed by atoms with Gasteiger partial charge in [0.2, 0.25) is 17.7 Å². The van der Waals surface area contributed by atoms with Crippen LogP contribution in [0.25, 0.3) is 11.0 Å². The number of fused-ring (bicyclic) bond motifs is 1. The van der Waals surface area contributed by atoms with Crippen LogP contribution in [-0.2, 0) is 17.8 Å². The van der Waals surface area contributed by atoms with Gasteiger partial charge in [-0.1, -0.05) is 22.0 Å². The van der Waals surface area contributed by atoms with Crippen molar-refractivity contribution in [1.82, 2.24) is 14.5 Å². The monoisotopic (exact) mass is 537 g/mol. The molecule has 0 atom stereocenters. The summed E-state index contributed by atoms with van der Waals surface area (Å²) in [5.74, 6) is -0.908. The number of benzene rings is 2. The van der Waals surface area contributed by atoms with Crippen molar-refractivity contribution in [3.63, 3.8) is 0 Å². The fourth-order valence-electron chi connectivity index (χ4n) is 3.79. The van der Waals surface area contributed by atoms with Crippen molar-refractivity contribution in [3.05, 3.63) is 76.1 Å². The lowest BCUT2D eigenvalue weighted by Crippen LogP contribution is -2.18. The minimum absolute atomic E-state index is 0.0384. The smallest absolute Gasteiger partial charge is 0.254 e. The summed E-state index contributed by atoms with van der Waals surface area (Å²) in [7, 11) is 0. The Labute approximate surface area is 208 Å². The van der Waals surface area contributed by atoms with E-state index in [9.17, 15) is 14.0 Å². The van der Waals surface area contributed by atoms with Crippen LogP contribution in [0, 0.1) is 11.7 Å². The van der Waals surface area contributed by atoms with Crippen molar-refractivity contribution in [2.75, 3.05) is 5.32 Å². The molecule has 2 aromatic heterocycles. The van der Waals surface area contributed by atoms with E-state index >= 15 is 0 Å². The fraction of sp³-hybridized carbons (Fsp3) is 0.200. The van der Waals surface area contributed by atoms with Gasteiger partial charge in [-0.15, -0.1) is 0 Å².